The number of nitrogens with zero attached hydrogens (tertiary/aromatic N) is 1. The number of hydrogen-bond acceptors (Lipinski definition) is 2. The van der Waals surface area contributed by atoms with Gasteiger partial charge in [-0.2, -0.15) is 0 Å². The van der Waals surface area contributed by atoms with Crippen molar-refractivity contribution in [2.75, 3.05) is 13.1 Å². The van der Waals surface area contributed by atoms with Gasteiger partial charge in [-0.25, -0.2) is 0 Å². The molecule has 0 bridgehead atoms. The molecule has 2 heteroatoms. The predicted molar refractivity (Wildman–Crippen MR) is 92.5 cm³/mol. The smallest absolute Gasteiger partial charge is 0.0334 e. The summed E-state index contributed by atoms with van der Waals surface area (Å²) in [6.07, 6.45) is 13.8. The second-order valence-electron chi connectivity index (χ2n) is 8.28. The Bertz CT molecular complexity index is 296. The fraction of sp³-hybridized carbons (Fsp3) is 1.00. The van der Waals surface area contributed by atoms with Crippen LogP contribution in [-0.2, 0) is 0 Å². The summed E-state index contributed by atoms with van der Waals surface area (Å²) in [4.78, 5) is 2.90. The molecule has 0 amide bonds. The SMILES string of the molecule is CC(C)CCN(C1CCCC1)C1(CN)CCCC(C)CC1. The van der Waals surface area contributed by atoms with Gasteiger partial charge in [0.1, 0.15) is 0 Å². The van der Waals surface area contributed by atoms with Crippen LogP contribution in [0.25, 0.3) is 0 Å². The lowest BCUT2D eigenvalue weighted by atomic mass is 9.85. The van der Waals surface area contributed by atoms with Gasteiger partial charge in [-0.1, -0.05) is 46.5 Å². The number of hydrogen-bond donors (Lipinski definition) is 1. The summed E-state index contributed by atoms with van der Waals surface area (Å²) in [5.74, 6) is 1.70. The van der Waals surface area contributed by atoms with Crippen LogP contribution in [0.4, 0.5) is 0 Å². The maximum atomic E-state index is 6.39. The lowest BCUT2D eigenvalue weighted by molar-refractivity contribution is 0.0317. The zero-order valence-electron chi connectivity index (χ0n) is 14.7. The molecule has 2 saturated carbocycles. The van der Waals surface area contributed by atoms with Crippen LogP contribution in [0.2, 0.25) is 0 Å². The molecule has 0 spiro atoms. The quantitative estimate of drug-likeness (QED) is 0.727. The highest BCUT2D eigenvalue weighted by Crippen LogP contribution is 2.39. The van der Waals surface area contributed by atoms with Crippen LogP contribution in [0.15, 0.2) is 0 Å². The molecule has 0 aromatic rings. The van der Waals surface area contributed by atoms with Crippen molar-refractivity contribution in [3.63, 3.8) is 0 Å². The maximum Gasteiger partial charge on any atom is 0.0334 e. The normalized spacial score (nSPS) is 32.0. The van der Waals surface area contributed by atoms with E-state index >= 15 is 0 Å². The van der Waals surface area contributed by atoms with Crippen molar-refractivity contribution in [1.82, 2.24) is 4.90 Å². The molecule has 2 aliphatic rings. The molecule has 0 heterocycles. The molecule has 2 nitrogen and oxygen atoms in total. The molecule has 2 aliphatic carbocycles. The molecule has 0 aromatic carbocycles. The largest absolute Gasteiger partial charge is 0.329 e. The highest BCUT2D eigenvalue weighted by Gasteiger charge is 2.40. The van der Waals surface area contributed by atoms with Gasteiger partial charge in [-0.15, -0.1) is 0 Å². The molecule has 21 heavy (non-hydrogen) atoms. The van der Waals surface area contributed by atoms with Crippen molar-refractivity contribution in [3.05, 3.63) is 0 Å². The van der Waals surface area contributed by atoms with Crippen molar-refractivity contribution in [2.24, 2.45) is 17.6 Å². The van der Waals surface area contributed by atoms with Crippen LogP contribution in [0.1, 0.15) is 85.0 Å². The minimum atomic E-state index is 0.314. The molecule has 2 atom stereocenters. The van der Waals surface area contributed by atoms with Gasteiger partial charge in [0.25, 0.3) is 0 Å². The second kappa shape index (κ2) is 7.97. The third-order valence-electron chi connectivity index (χ3n) is 6.14. The molecule has 2 fully saturated rings. The average Bonchev–Trinajstić information content (AvgIpc) is 2.90. The van der Waals surface area contributed by atoms with Crippen LogP contribution in [-0.4, -0.2) is 29.6 Å². The van der Waals surface area contributed by atoms with Gasteiger partial charge in [0.2, 0.25) is 0 Å². The Balaban J connectivity index is 2.13. The van der Waals surface area contributed by atoms with E-state index in [1.165, 1.54) is 70.8 Å². The van der Waals surface area contributed by atoms with Crippen molar-refractivity contribution in [2.45, 2.75) is 96.6 Å². The zero-order chi connectivity index (χ0) is 15.3. The zero-order valence-corrected chi connectivity index (χ0v) is 14.7. The summed E-state index contributed by atoms with van der Waals surface area (Å²) in [6, 6.07) is 0.820. The van der Waals surface area contributed by atoms with Crippen LogP contribution in [0.5, 0.6) is 0 Å². The van der Waals surface area contributed by atoms with Gasteiger partial charge in [0.05, 0.1) is 0 Å². The minimum absolute atomic E-state index is 0.314. The Morgan fingerprint density at radius 3 is 2.38 bits per heavy atom. The fourth-order valence-corrected chi connectivity index (χ4v) is 4.59. The number of rotatable bonds is 6. The monoisotopic (exact) mass is 294 g/mol. The molecule has 0 radical (unpaired) electrons. The van der Waals surface area contributed by atoms with Crippen LogP contribution >= 0.6 is 0 Å². The second-order valence-corrected chi connectivity index (χ2v) is 8.28. The predicted octanol–water partition coefficient (Wildman–Crippen LogP) is 4.57. The molecular formula is C19H38N2. The molecule has 0 saturated heterocycles. The lowest BCUT2D eigenvalue weighted by Crippen LogP contribution is -2.57. The van der Waals surface area contributed by atoms with Crippen molar-refractivity contribution in [3.8, 4) is 0 Å². The Kier molecular flexibility index (Phi) is 6.55. The first-order chi connectivity index (χ1) is 10.1. The van der Waals surface area contributed by atoms with Gasteiger partial charge in [0.15, 0.2) is 0 Å². The Labute approximate surface area is 132 Å². The van der Waals surface area contributed by atoms with Crippen molar-refractivity contribution < 1.29 is 0 Å². The molecule has 0 aliphatic heterocycles. The first kappa shape index (κ1) is 17.3. The van der Waals surface area contributed by atoms with E-state index < -0.39 is 0 Å². The van der Waals surface area contributed by atoms with E-state index in [-0.39, 0.29) is 0 Å². The summed E-state index contributed by atoms with van der Waals surface area (Å²) in [5, 5.41) is 0. The van der Waals surface area contributed by atoms with Crippen LogP contribution in [0, 0.1) is 11.8 Å². The molecule has 124 valence electrons. The summed E-state index contributed by atoms with van der Waals surface area (Å²) in [7, 11) is 0. The van der Waals surface area contributed by atoms with E-state index in [2.05, 4.69) is 25.7 Å². The molecule has 2 N–H and O–H groups in total. The van der Waals surface area contributed by atoms with E-state index in [9.17, 15) is 0 Å². The minimum Gasteiger partial charge on any atom is -0.329 e. The highest BCUT2D eigenvalue weighted by atomic mass is 15.2. The van der Waals surface area contributed by atoms with E-state index in [4.69, 9.17) is 5.73 Å². The standard InChI is InChI=1S/C19H38N2/c1-16(2)11-14-21(18-8-4-5-9-18)19(15-20)12-6-7-17(3)10-13-19/h16-18H,4-15,20H2,1-3H3. The van der Waals surface area contributed by atoms with E-state index in [0.717, 1.165) is 24.4 Å². The van der Waals surface area contributed by atoms with Gasteiger partial charge < -0.3 is 5.73 Å². The van der Waals surface area contributed by atoms with Crippen LogP contribution < -0.4 is 5.73 Å². The van der Waals surface area contributed by atoms with Gasteiger partial charge in [0, 0.05) is 18.1 Å². The maximum absolute atomic E-state index is 6.39. The van der Waals surface area contributed by atoms with Gasteiger partial charge in [-0.05, 0) is 56.9 Å². The number of nitrogens with two attached hydrogens (primary N) is 1. The van der Waals surface area contributed by atoms with E-state index in [0.29, 0.717) is 5.54 Å². The highest BCUT2D eigenvalue weighted by molar-refractivity contribution is 4.97. The Morgan fingerprint density at radius 2 is 1.76 bits per heavy atom. The average molecular weight is 295 g/mol. The summed E-state index contributed by atoms with van der Waals surface area (Å²) >= 11 is 0. The summed E-state index contributed by atoms with van der Waals surface area (Å²) < 4.78 is 0. The first-order valence-electron chi connectivity index (χ1n) is 9.54. The molecular weight excluding hydrogens is 256 g/mol. The first-order valence-corrected chi connectivity index (χ1v) is 9.54. The van der Waals surface area contributed by atoms with Crippen molar-refractivity contribution in [1.29, 1.82) is 0 Å². The lowest BCUT2D eigenvalue weighted by Gasteiger charge is -2.47. The molecule has 2 unspecified atom stereocenters. The van der Waals surface area contributed by atoms with E-state index in [1.807, 2.05) is 0 Å². The Hall–Kier alpha value is -0.0800. The molecule has 0 aromatic heterocycles. The topological polar surface area (TPSA) is 29.3 Å². The van der Waals surface area contributed by atoms with Crippen LogP contribution in [0.3, 0.4) is 0 Å². The molecule has 2 rings (SSSR count). The van der Waals surface area contributed by atoms with Gasteiger partial charge in [-0.3, -0.25) is 4.90 Å². The summed E-state index contributed by atoms with van der Waals surface area (Å²) in [6.45, 7) is 9.29. The van der Waals surface area contributed by atoms with E-state index in [1.54, 1.807) is 0 Å². The third kappa shape index (κ3) is 4.45. The Morgan fingerprint density at radius 1 is 1.05 bits per heavy atom. The van der Waals surface area contributed by atoms with Crippen molar-refractivity contribution >= 4 is 0 Å². The van der Waals surface area contributed by atoms with Gasteiger partial charge >= 0.3 is 0 Å². The fourth-order valence-electron chi connectivity index (χ4n) is 4.59. The summed E-state index contributed by atoms with van der Waals surface area (Å²) in [5.41, 5.74) is 6.70. The third-order valence-corrected chi connectivity index (χ3v) is 6.14.